The van der Waals surface area contributed by atoms with E-state index < -0.39 is 40.0 Å². The molecule has 5 N–H and O–H groups in total. The number of nitrogens with two attached hydrogens (primary N) is 1. The Morgan fingerprint density at radius 2 is 1.83 bits per heavy atom. The van der Waals surface area contributed by atoms with Crippen molar-refractivity contribution in [1.29, 1.82) is 0 Å². The van der Waals surface area contributed by atoms with Crippen molar-refractivity contribution in [2.75, 3.05) is 13.1 Å². The molecule has 0 saturated heterocycles. The van der Waals surface area contributed by atoms with E-state index in [-0.39, 0.29) is 24.0 Å². The Hall–Kier alpha value is -1.57. The lowest BCUT2D eigenvalue weighted by Gasteiger charge is -2.62. The van der Waals surface area contributed by atoms with Gasteiger partial charge in [-0.1, -0.05) is 51.2 Å². The first-order chi connectivity index (χ1) is 17.0. The number of carbonyl (C=O) groups is 2. The Kier molecular flexibility index (Phi) is 7.59. The number of alkyl halides is 1. The zero-order chi connectivity index (χ0) is 26.4. The summed E-state index contributed by atoms with van der Waals surface area (Å²) in [4.78, 5) is 25.5. The Morgan fingerprint density at radius 3 is 2.53 bits per heavy atom. The van der Waals surface area contributed by atoms with Crippen LogP contribution in [0.4, 0.5) is 4.39 Å². The van der Waals surface area contributed by atoms with E-state index in [9.17, 15) is 19.8 Å². The van der Waals surface area contributed by atoms with Gasteiger partial charge in [-0.15, -0.1) is 0 Å². The zero-order valence-electron chi connectivity index (χ0n) is 22.2. The minimum absolute atomic E-state index is 0.00469. The second-order valence-electron chi connectivity index (χ2n) is 12.3. The topological polar surface area (TPSA) is 113 Å². The number of unbranched alkanes of at least 4 members (excludes halogenated alkanes) is 5. The maximum absolute atomic E-state index is 17.2. The molecule has 3 fully saturated rings. The highest BCUT2D eigenvalue weighted by atomic mass is 19.1. The fourth-order valence-electron chi connectivity index (χ4n) is 8.34. The van der Waals surface area contributed by atoms with Crippen molar-refractivity contribution >= 4 is 11.7 Å². The molecule has 7 heteroatoms. The number of amides is 1. The molecule has 3 saturated carbocycles. The van der Waals surface area contributed by atoms with Crippen molar-refractivity contribution in [2.45, 2.75) is 102 Å². The van der Waals surface area contributed by atoms with Gasteiger partial charge in [-0.05, 0) is 76.0 Å². The molecule has 4 aliphatic carbocycles. The fraction of sp³-hybridized carbons (Fsp3) is 0.793. The number of carbonyl (C=O) groups excluding carboxylic acids is 2. The Balaban J connectivity index is 1.50. The van der Waals surface area contributed by atoms with Crippen molar-refractivity contribution in [3.8, 4) is 0 Å². The third-order valence-corrected chi connectivity index (χ3v) is 10.5. The Bertz CT molecular complexity index is 936. The summed E-state index contributed by atoms with van der Waals surface area (Å²) in [6.07, 6.45) is 11.1. The molecule has 1 amide bonds. The van der Waals surface area contributed by atoms with E-state index in [2.05, 4.69) is 5.32 Å². The quantitative estimate of drug-likeness (QED) is 0.357. The van der Waals surface area contributed by atoms with Crippen LogP contribution in [0.15, 0.2) is 23.8 Å². The van der Waals surface area contributed by atoms with Crippen LogP contribution in [0.25, 0.3) is 0 Å². The van der Waals surface area contributed by atoms with Crippen LogP contribution in [0.5, 0.6) is 0 Å². The van der Waals surface area contributed by atoms with Gasteiger partial charge in [0.25, 0.3) is 5.91 Å². The number of allylic oxidation sites excluding steroid dienone is 4. The van der Waals surface area contributed by atoms with Crippen LogP contribution in [0.2, 0.25) is 0 Å². The molecular formula is C29H45FN2O4. The number of aliphatic hydroxyl groups excluding tert-OH is 1. The summed E-state index contributed by atoms with van der Waals surface area (Å²) in [5, 5.41) is 26.4. The van der Waals surface area contributed by atoms with Gasteiger partial charge >= 0.3 is 0 Å². The van der Waals surface area contributed by atoms with Crippen LogP contribution in [0, 0.1) is 28.6 Å². The molecule has 0 bridgehead atoms. The molecule has 0 heterocycles. The molecule has 0 aromatic rings. The number of nitrogens with one attached hydrogen (secondary N) is 1. The van der Waals surface area contributed by atoms with Crippen LogP contribution in [0.1, 0.15) is 85.0 Å². The van der Waals surface area contributed by atoms with E-state index in [0.717, 1.165) is 50.6 Å². The van der Waals surface area contributed by atoms with Crippen LogP contribution < -0.4 is 11.1 Å². The second-order valence-corrected chi connectivity index (χ2v) is 12.3. The monoisotopic (exact) mass is 504 g/mol. The first-order valence-electron chi connectivity index (χ1n) is 14.0. The first-order valence-corrected chi connectivity index (χ1v) is 14.0. The number of hydrogen-bond donors (Lipinski definition) is 4. The van der Waals surface area contributed by atoms with Gasteiger partial charge in [0, 0.05) is 23.3 Å². The summed E-state index contributed by atoms with van der Waals surface area (Å²) < 4.78 is 17.2. The molecule has 0 aliphatic heterocycles. The first kappa shape index (κ1) is 27.5. The normalized spacial score (nSPS) is 43.4. The number of fused-ring (bicyclic) bond motifs is 5. The SMILES string of the molecule is CC1CC2C3CCC4=CC(=O)C=CC4(C)C3(F)C(O)CC2(C)C1(O)C(=O)NCCCCCCCCN. The molecule has 8 unspecified atom stereocenters. The second kappa shape index (κ2) is 9.95. The molecule has 0 aromatic carbocycles. The van der Waals surface area contributed by atoms with Gasteiger partial charge in [0.2, 0.25) is 0 Å². The van der Waals surface area contributed by atoms with Gasteiger partial charge in [0.05, 0.1) is 6.10 Å². The molecule has 0 aromatic heterocycles. The summed E-state index contributed by atoms with van der Waals surface area (Å²) in [6, 6.07) is 0. The van der Waals surface area contributed by atoms with Crippen LogP contribution in [0.3, 0.4) is 0 Å². The predicted molar refractivity (Wildman–Crippen MR) is 138 cm³/mol. The highest BCUT2D eigenvalue weighted by Crippen LogP contribution is 2.70. The van der Waals surface area contributed by atoms with Crippen molar-refractivity contribution in [2.24, 2.45) is 34.3 Å². The maximum atomic E-state index is 17.2. The number of hydrogen-bond acceptors (Lipinski definition) is 5. The maximum Gasteiger partial charge on any atom is 0.252 e. The largest absolute Gasteiger partial charge is 0.390 e. The molecule has 0 spiro atoms. The highest BCUT2D eigenvalue weighted by Gasteiger charge is 2.75. The summed E-state index contributed by atoms with van der Waals surface area (Å²) >= 11 is 0. The predicted octanol–water partition coefficient (Wildman–Crippen LogP) is 3.75. The molecule has 4 rings (SSSR count). The third-order valence-electron chi connectivity index (χ3n) is 10.5. The van der Waals surface area contributed by atoms with Crippen LogP contribution >= 0.6 is 0 Å². The molecule has 0 radical (unpaired) electrons. The molecule has 6 nitrogen and oxygen atoms in total. The molecule has 8 atom stereocenters. The van der Waals surface area contributed by atoms with E-state index in [0.29, 0.717) is 25.8 Å². The van der Waals surface area contributed by atoms with Gasteiger partial charge in [-0.3, -0.25) is 9.59 Å². The lowest BCUT2D eigenvalue weighted by atomic mass is 9.44. The number of aliphatic hydroxyl groups is 2. The summed E-state index contributed by atoms with van der Waals surface area (Å²) in [5.41, 5.74) is 0.633. The van der Waals surface area contributed by atoms with E-state index >= 15 is 4.39 Å². The minimum atomic E-state index is -1.95. The van der Waals surface area contributed by atoms with Gasteiger partial charge in [0.1, 0.15) is 0 Å². The fourth-order valence-corrected chi connectivity index (χ4v) is 8.34. The van der Waals surface area contributed by atoms with Gasteiger partial charge in [-0.25, -0.2) is 4.39 Å². The summed E-state index contributed by atoms with van der Waals surface area (Å²) in [6.45, 7) is 6.75. The van der Waals surface area contributed by atoms with E-state index in [1.165, 1.54) is 12.2 Å². The van der Waals surface area contributed by atoms with Crippen LogP contribution in [-0.4, -0.2) is 52.4 Å². The standard InChI is InChI=1S/C29H45FN2O4/c1-19-16-23-22-11-10-20-17-21(33)12-13-26(20,2)28(22,30)24(34)18-27(23,3)29(19,36)25(35)32-15-9-7-5-4-6-8-14-31/h12-13,17,19,22-24,34,36H,4-11,14-16,18,31H2,1-3H3,(H,32,35). The number of rotatable bonds is 9. The van der Waals surface area contributed by atoms with Crippen LogP contribution in [-0.2, 0) is 9.59 Å². The highest BCUT2D eigenvalue weighted by molar-refractivity contribution is 6.01. The van der Waals surface area contributed by atoms with Crippen molar-refractivity contribution < 1.29 is 24.2 Å². The van der Waals surface area contributed by atoms with E-state index in [1.54, 1.807) is 13.0 Å². The van der Waals surface area contributed by atoms with Gasteiger partial charge < -0.3 is 21.3 Å². The molecule has 202 valence electrons. The lowest BCUT2D eigenvalue weighted by Crippen LogP contribution is -2.70. The Labute approximate surface area is 215 Å². The van der Waals surface area contributed by atoms with Crippen molar-refractivity contribution in [3.63, 3.8) is 0 Å². The average molecular weight is 505 g/mol. The van der Waals surface area contributed by atoms with E-state index in [4.69, 9.17) is 5.73 Å². The number of halogens is 1. The van der Waals surface area contributed by atoms with Crippen molar-refractivity contribution in [3.05, 3.63) is 23.8 Å². The molecule has 36 heavy (non-hydrogen) atoms. The van der Waals surface area contributed by atoms with Gasteiger partial charge in [0.15, 0.2) is 17.1 Å². The molecule has 4 aliphatic rings. The number of ketones is 1. The zero-order valence-corrected chi connectivity index (χ0v) is 22.2. The Morgan fingerprint density at radius 1 is 1.17 bits per heavy atom. The minimum Gasteiger partial charge on any atom is -0.390 e. The van der Waals surface area contributed by atoms with Gasteiger partial charge in [-0.2, -0.15) is 0 Å². The lowest BCUT2D eigenvalue weighted by molar-refractivity contribution is -0.219. The molecular weight excluding hydrogens is 459 g/mol. The average Bonchev–Trinajstić information content (AvgIpc) is 3.03. The third kappa shape index (κ3) is 3.92. The summed E-state index contributed by atoms with van der Waals surface area (Å²) in [5.74, 6) is -1.65. The van der Waals surface area contributed by atoms with E-state index in [1.807, 2.05) is 13.8 Å². The smallest absolute Gasteiger partial charge is 0.252 e. The summed E-state index contributed by atoms with van der Waals surface area (Å²) in [7, 11) is 0. The van der Waals surface area contributed by atoms with Crippen molar-refractivity contribution in [1.82, 2.24) is 5.32 Å².